The number of hydrogen-bond acceptors (Lipinski definition) is 7. The van der Waals surface area contributed by atoms with Gasteiger partial charge in [0.1, 0.15) is 13.2 Å². The average Bonchev–Trinajstić information content (AvgIpc) is 3.34. The zero-order valence-electron chi connectivity index (χ0n) is 15.2. The van der Waals surface area contributed by atoms with Crippen LogP contribution in [0.3, 0.4) is 0 Å². The molecule has 0 aromatic rings. The highest BCUT2D eigenvalue weighted by Crippen LogP contribution is 2.30. The Kier molecular flexibility index (Phi) is 6.35. The van der Waals surface area contributed by atoms with Crippen LogP contribution in [0.2, 0.25) is 0 Å². The van der Waals surface area contributed by atoms with Crippen molar-refractivity contribution in [3.05, 3.63) is 11.6 Å². The largest absolute Gasteiger partial charge is 0.462 e. The minimum atomic E-state index is -0.967. The molecular formula is C18H26O7. The number of carbonyl (C=O) groups excluding carboxylic acids is 3. The van der Waals surface area contributed by atoms with Crippen LogP contribution in [0.1, 0.15) is 40.5 Å². The minimum Gasteiger partial charge on any atom is -0.462 e. The van der Waals surface area contributed by atoms with E-state index < -0.39 is 29.7 Å². The fourth-order valence-electron chi connectivity index (χ4n) is 2.10. The van der Waals surface area contributed by atoms with Crippen LogP contribution >= 0.6 is 0 Å². The standard InChI is InChI=1S/C18H26O7/c1-11(19)22-9-13-7-15(23-8-12-5-6-12)25-14(16(13)20)10-24-17(21)18(2,3)4/h7,12,14-15H,5-6,8-10H2,1-4H3/t14-,15+/m1/s1. The maximum Gasteiger partial charge on any atom is 0.311 e. The predicted molar refractivity (Wildman–Crippen MR) is 87.5 cm³/mol. The van der Waals surface area contributed by atoms with Crippen molar-refractivity contribution in [2.75, 3.05) is 19.8 Å². The molecule has 0 bridgehead atoms. The van der Waals surface area contributed by atoms with E-state index in [-0.39, 0.29) is 19.0 Å². The monoisotopic (exact) mass is 354 g/mol. The molecular weight excluding hydrogens is 328 g/mol. The van der Waals surface area contributed by atoms with Crippen molar-refractivity contribution >= 4 is 17.7 Å². The lowest BCUT2D eigenvalue weighted by Crippen LogP contribution is -2.41. The second kappa shape index (κ2) is 8.10. The quantitative estimate of drug-likeness (QED) is 0.644. The topological polar surface area (TPSA) is 88.1 Å². The van der Waals surface area contributed by atoms with E-state index >= 15 is 0 Å². The lowest BCUT2D eigenvalue weighted by atomic mass is 9.97. The van der Waals surface area contributed by atoms with Crippen LogP contribution in [0.4, 0.5) is 0 Å². The van der Waals surface area contributed by atoms with Crippen molar-refractivity contribution in [2.24, 2.45) is 11.3 Å². The van der Waals surface area contributed by atoms with Gasteiger partial charge in [-0.05, 0) is 45.6 Å². The molecule has 0 radical (unpaired) electrons. The summed E-state index contributed by atoms with van der Waals surface area (Å²) in [5, 5.41) is 0. The molecule has 2 aliphatic rings. The number of Topliss-reactive ketones (excluding diaryl/α,β-unsaturated/α-hetero) is 1. The minimum absolute atomic E-state index is 0.148. The Labute approximate surface area is 147 Å². The third-order valence-electron chi connectivity index (χ3n) is 3.85. The molecule has 1 fully saturated rings. The van der Waals surface area contributed by atoms with Crippen molar-refractivity contribution in [1.82, 2.24) is 0 Å². The predicted octanol–water partition coefficient (Wildman–Crippen LogP) is 1.79. The summed E-state index contributed by atoms with van der Waals surface area (Å²) in [4.78, 5) is 35.4. The van der Waals surface area contributed by atoms with Crippen LogP contribution in [0.25, 0.3) is 0 Å². The molecule has 0 N–H and O–H groups in total. The van der Waals surface area contributed by atoms with Gasteiger partial charge in [-0.1, -0.05) is 0 Å². The van der Waals surface area contributed by atoms with Gasteiger partial charge in [-0.15, -0.1) is 0 Å². The van der Waals surface area contributed by atoms with Crippen molar-refractivity contribution in [3.63, 3.8) is 0 Å². The number of hydrogen-bond donors (Lipinski definition) is 0. The molecule has 0 saturated heterocycles. The molecule has 7 nitrogen and oxygen atoms in total. The number of rotatable bonds is 7. The normalized spacial score (nSPS) is 23.8. The summed E-state index contributed by atoms with van der Waals surface area (Å²) < 4.78 is 21.4. The SMILES string of the molecule is CC(=O)OCC1=C[C@@H](OCC2CC2)O[C@H](COC(=O)C(C)(C)C)C1=O. The summed E-state index contributed by atoms with van der Waals surface area (Å²) >= 11 is 0. The Morgan fingerprint density at radius 1 is 1.20 bits per heavy atom. The van der Waals surface area contributed by atoms with E-state index in [1.165, 1.54) is 13.0 Å². The Balaban J connectivity index is 1.99. The van der Waals surface area contributed by atoms with Gasteiger partial charge in [0.15, 0.2) is 18.2 Å². The van der Waals surface area contributed by atoms with Crippen LogP contribution in [0, 0.1) is 11.3 Å². The third kappa shape index (κ3) is 6.25. The van der Waals surface area contributed by atoms with E-state index in [2.05, 4.69) is 0 Å². The smallest absolute Gasteiger partial charge is 0.311 e. The molecule has 0 unspecified atom stereocenters. The van der Waals surface area contributed by atoms with Crippen molar-refractivity contribution in [3.8, 4) is 0 Å². The van der Waals surface area contributed by atoms with Gasteiger partial charge in [-0.3, -0.25) is 14.4 Å². The summed E-state index contributed by atoms with van der Waals surface area (Å²) in [7, 11) is 0. The zero-order chi connectivity index (χ0) is 18.6. The summed E-state index contributed by atoms with van der Waals surface area (Å²) in [5.74, 6) is -0.736. The van der Waals surface area contributed by atoms with Crippen molar-refractivity contribution < 1.29 is 33.3 Å². The Hall–Kier alpha value is -1.73. The second-order valence-corrected chi connectivity index (χ2v) is 7.45. The number of ketones is 1. The first-order valence-electron chi connectivity index (χ1n) is 8.49. The van der Waals surface area contributed by atoms with Gasteiger partial charge in [0.25, 0.3) is 0 Å². The second-order valence-electron chi connectivity index (χ2n) is 7.45. The van der Waals surface area contributed by atoms with Gasteiger partial charge in [-0.2, -0.15) is 0 Å². The molecule has 1 saturated carbocycles. The first-order valence-corrected chi connectivity index (χ1v) is 8.49. The van der Waals surface area contributed by atoms with E-state index in [1.807, 2.05) is 0 Å². The van der Waals surface area contributed by atoms with Gasteiger partial charge in [0.2, 0.25) is 0 Å². The number of carbonyl (C=O) groups is 3. The first-order chi connectivity index (χ1) is 11.7. The first kappa shape index (κ1) is 19.6. The molecule has 0 amide bonds. The summed E-state index contributed by atoms with van der Waals surface area (Å²) in [6.45, 7) is 6.66. The van der Waals surface area contributed by atoms with E-state index in [0.29, 0.717) is 18.1 Å². The molecule has 2 rings (SSSR count). The number of esters is 2. The molecule has 0 spiro atoms. The molecule has 0 aromatic carbocycles. The van der Waals surface area contributed by atoms with Crippen LogP contribution in [-0.4, -0.2) is 49.9 Å². The van der Waals surface area contributed by atoms with Gasteiger partial charge in [0.05, 0.1) is 12.0 Å². The Morgan fingerprint density at radius 2 is 1.88 bits per heavy atom. The van der Waals surface area contributed by atoms with E-state index in [4.69, 9.17) is 18.9 Å². The van der Waals surface area contributed by atoms with Gasteiger partial charge < -0.3 is 18.9 Å². The van der Waals surface area contributed by atoms with Gasteiger partial charge in [0, 0.05) is 12.5 Å². The van der Waals surface area contributed by atoms with Gasteiger partial charge >= 0.3 is 11.9 Å². The van der Waals surface area contributed by atoms with Crippen LogP contribution in [-0.2, 0) is 33.3 Å². The molecule has 1 heterocycles. The highest BCUT2D eigenvalue weighted by molar-refractivity contribution is 6.00. The summed E-state index contributed by atoms with van der Waals surface area (Å²) in [5.41, 5.74) is -0.380. The summed E-state index contributed by atoms with van der Waals surface area (Å²) in [6.07, 6.45) is 2.09. The van der Waals surface area contributed by atoms with Crippen molar-refractivity contribution in [1.29, 1.82) is 0 Å². The molecule has 7 heteroatoms. The lowest BCUT2D eigenvalue weighted by Gasteiger charge is -2.28. The van der Waals surface area contributed by atoms with Crippen molar-refractivity contribution in [2.45, 2.75) is 52.9 Å². The molecule has 25 heavy (non-hydrogen) atoms. The average molecular weight is 354 g/mol. The Morgan fingerprint density at radius 3 is 2.44 bits per heavy atom. The van der Waals surface area contributed by atoms with Gasteiger partial charge in [-0.25, -0.2) is 0 Å². The maximum absolute atomic E-state index is 12.5. The molecule has 140 valence electrons. The fraction of sp³-hybridized carbons (Fsp3) is 0.722. The van der Waals surface area contributed by atoms with E-state index in [1.54, 1.807) is 20.8 Å². The highest BCUT2D eigenvalue weighted by Gasteiger charge is 2.35. The third-order valence-corrected chi connectivity index (χ3v) is 3.85. The highest BCUT2D eigenvalue weighted by atomic mass is 16.7. The maximum atomic E-state index is 12.5. The van der Waals surface area contributed by atoms with E-state index in [0.717, 1.165) is 12.8 Å². The van der Waals surface area contributed by atoms with Crippen LogP contribution < -0.4 is 0 Å². The Bertz CT molecular complexity index is 554. The van der Waals surface area contributed by atoms with E-state index in [9.17, 15) is 14.4 Å². The molecule has 1 aliphatic heterocycles. The molecule has 2 atom stereocenters. The fourth-order valence-corrected chi connectivity index (χ4v) is 2.10. The van der Waals surface area contributed by atoms with Crippen LogP contribution in [0.15, 0.2) is 11.6 Å². The van der Waals surface area contributed by atoms with Crippen LogP contribution in [0.5, 0.6) is 0 Å². The summed E-state index contributed by atoms with van der Waals surface area (Å²) in [6, 6.07) is 0. The molecule has 0 aromatic heterocycles. The molecule has 1 aliphatic carbocycles. The number of ether oxygens (including phenoxy) is 4. The zero-order valence-corrected chi connectivity index (χ0v) is 15.2. The lowest BCUT2D eigenvalue weighted by molar-refractivity contribution is -0.182.